The van der Waals surface area contributed by atoms with E-state index in [0.29, 0.717) is 22.0 Å². The highest BCUT2D eigenvalue weighted by Crippen LogP contribution is 2.19. The van der Waals surface area contributed by atoms with Crippen LogP contribution in [0.25, 0.3) is 0 Å². The zero-order chi connectivity index (χ0) is 22.3. The van der Waals surface area contributed by atoms with Crippen molar-refractivity contribution in [2.45, 2.75) is 19.1 Å². The summed E-state index contributed by atoms with van der Waals surface area (Å²) in [7, 11) is 0. The molecular weight excluding hydrogens is 431 g/mol. The number of alkyl halides is 3. The van der Waals surface area contributed by atoms with Crippen LogP contribution < -0.4 is 15.4 Å². The van der Waals surface area contributed by atoms with E-state index < -0.39 is 12.8 Å². The van der Waals surface area contributed by atoms with E-state index in [4.69, 9.17) is 0 Å². The van der Waals surface area contributed by atoms with Crippen molar-refractivity contribution in [3.8, 4) is 5.75 Å². The SMILES string of the molecule is O=C(Cc1csc(NC(=O)c2ccccc2)n1)NCc1ccc(OCC(F)(F)F)cc1. The second-order valence-electron chi connectivity index (χ2n) is 6.47. The lowest BCUT2D eigenvalue weighted by molar-refractivity contribution is -0.153. The van der Waals surface area contributed by atoms with E-state index in [-0.39, 0.29) is 30.5 Å². The van der Waals surface area contributed by atoms with E-state index in [1.165, 1.54) is 23.5 Å². The minimum absolute atomic E-state index is 0.0322. The van der Waals surface area contributed by atoms with Gasteiger partial charge in [0, 0.05) is 17.5 Å². The summed E-state index contributed by atoms with van der Waals surface area (Å²) in [6.45, 7) is -1.15. The standard InChI is InChI=1S/C21H18F3N3O3S/c22-21(23,24)13-30-17-8-6-14(7-9-17)11-25-18(28)10-16-12-31-20(26-16)27-19(29)15-4-2-1-3-5-15/h1-9,12H,10-11,13H2,(H,25,28)(H,26,27,29). The maximum absolute atomic E-state index is 12.2. The van der Waals surface area contributed by atoms with Gasteiger partial charge in [-0.05, 0) is 29.8 Å². The molecule has 0 radical (unpaired) electrons. The molecule has 2 N–H and O–H groups in total. The molecule has 0 spiro atoms. The van der Waals surface area contributed by atoms with Crippen LogP contribution in [0.1, 0.15) is 21.6 Å². The molecule has 10 heteroatoms. The summed E-state index contributed by atoms with van der Waals surface area (Å²) in [5, 5.41) is 7.49. The number of halogens is 3. The quantitative estimate of drug-likeness (QED) is 0.540. The molecule has 0 bridgehead atoms. The molecule has 162 valence electrons. The number of carbonyl (C=O) groups is 2. The summed E-state index contributed by atoms with van der Waals surface area (Å²) in [5.74, 6) is -0.461. The first-order valence-electron chi connectivity index (χ1n) is 9.14. The van der Waals surface area contributed by atoms with E-state index >= 15 is 0 Å². The lowest BCUT2D eigenvalue weighted by Crippen LogP contribution is -2.24. The van der Waals surface area contributed by atoms with Crippen LogP contribution in [-0.4, -0.2) is 29.6 Å². The second-order valence-corrected chi connectivity index (χ2v) is 7.32. The summed E-state index contributed by atoms with van der Waals surface area (Å²) in [5.41, 5.74) is 1.73. The lowest BCUT2D eigenvalue weighted by Gasteiger charge is -2.10. The predicted octanol–water partition coefficient (Wildman–Crippen LogP) is 4.20. The van der Waals surface area contributed by atoms with E-state index in [9.17, 15) is 22.8 Å². The number of anilines is 1. The maximum atomic E-state index is 12.2. The number of nitrogens with one attached hydrogen (secondary N) is 2. The minimum atomic E-state index is -4.40. The smallest absolute Gasteiger partial charge is 0.422 e. The number of nitrogens with zero attached hydrogens (tertiary/aromatic N) is 1. The second kappa shape index (κ2) is 10.1. The fourth-order valence-electron chi connectivity index (χ4n) is 2.50. The van der Waals surface area contributed by atoms with E-state index in [1.807, 2.05) is 6.07 Å². The summed E-state index contributed by atoms with van der Waals surface area (Å²) in [4.78, 5) is 28.5. The summed E-state index contributed by atoms with van der Waals surface area (Å²) >= 11 is 1.22. The fourth-order valence-corrected chi connectivity index (χ4v) is 3.21. The molecule has 0 saturated heterocycles. The molecular formula is C21H18F3N3O3S. The number of hydrogen-bond acceptors (Lipinski definition) is 5. The first kappa shape index (κ1) is 22.3. The van der Waals surface area contributed by atoms with Gasteiger partial charge in [-0.1, -0.05) is 30.3 Å². The summed E-state index contributed by atoms with van der Waals surface area (Å²) in [6, 6.07) is 14.7. The van der Waals surface area contributed by atoms with Gasteiger partial charge < -0.3 is 10.1 Å². The van der Waals surface area contributed by atoms with Crippen molar-refractivity contribution in [2.75, 3.05) is 11.9 Å². The molecule has 0 unspecified atom stereocenters. The first-order chi connectivity index (χ1) is 14.8. The molecule has 3 rings (SSSR count). The molecule has 0 aliphatic heterocycles. The van der Waals surface area contributed by atoms with Crippen molar-refractivity contribution in [1.29, 1.82) is 0 Å². The van der Waals surface area contributed by atoms with Gasteiger partial charge in [-0.3, -0.25) is 14.9 Å². The normalized spacial score (nSPS) is 11.1. The lowest BCUT2D eigenvalue weighted by atomic mass is 10.2. The molecule has 0 aliphatic carbocycles. The Balaban J connectivity index is 1.44. The molecule has 0 aliphatic rings. The topological polar surface area (TPSA) is 80.3 Å². The number of ether oxygens (including phenoxy) is 1. The van der Waals surface area contributed by atoms with Gasteiger partial charge in [0.25, 0.3) is 5.91 Å². The molecule has 0 saturated carbocycles. The third-order valence-electron chi connectivity index (χ3n) is 3.97. The third-order valence-corrected chi connectivity index (χ3v) is 4.77. The largest absolute Gasteiger partial charge is 0.484 e. The monoisotopic (exact) mass is 449 g/mol. The Morgan fingerprint density at radius 1 is 1.03 bits per heavy atom. The number of amides is 2. The highest BCUT2D eigenvalue weighted by atomic mass is 32.1. The molecule has 0 atom stereocenters. The molecule has 2 amide bonds. The number of hydrogen-bond donors (Lipinski definition) is 2. The van der Waals surface area contributed by atoms with Crippen LogP contribution in [0.2, 0.25) is 0 Å². The van der Waals surface area contributed by atoms with Gasteiger partial charge in [0.15, 0.2) is 11.7 Å². The van der Waals surface area contributed by atoms with E-state index in [2.05, 4.69) is 20.4 Å². The fraction of sp³-hybridized carbons (Fsp3) is 0.190. The number of rotatable bonds is 8. The van der Waals surface area contributed by atoms with Crippen LogP contribution >= 0.6 is 11.3 Å². The van der Waals surface area contributed by atoms with Crippen LogP contribution in [0.5, 0.6) is 5.75 Å². The molecule has 2 aromatic carbocycles. The van der Waals surface area contributed by atoms with Gasteiger partial charge in [0.2, 0.25) is 5.91 Å². The van der Waals surface area contributed by atoms with E-state index in [0.717, 1.165) is 0 Å². The van der Waals surface area contributed by atoms with Gasteiger partial charge in [0.1, 0.15) is 5.75 Å². The number of thiazole rings is 1. The molecule has 3 aromatic rings. The average molecular weight is 449 g/mol. The van der Waals surface area contributed by atoms with Gasteiger partial charge in [-0.2, -0.15) is 13.2 Å². The highest BCUT2D eigenvalue weighted by Gasteiger charge is 2.28. The predicted molar refractivity (Wildman–Crippen MR) is 110 cm³/mol. The van der Waals surface area contributed by atoms with E-state index in [1.54, 1.807) is 41.8 Å². The number of aromatic nitrogens is 1. The van der Waals surface area contributed by atoms with Crippen LogP contribution in [0, 0.1) is 0 Å². The number of benzene rings is 2. The average Bonchev–Trinajstić information content (AvgIpc) is 3.18. The van der Waals surface area contributed by atoms with Crippen molar-refractivity contribution in [1.82, 2.24) is 10.3 Å². The molecule has 31 heavy (non-hydrogen) atoms. The van der Waals surface area contributed by atoms with Crippen LogP contribution in [0.3, 0.4) is 0 Å². The van der Waals surface area contributed by atoms with Gasteiger partial charge in [-0.25, -0.2) is 4.98 Å². The Labute approximate surface area is 180 Å². The van der Waals surface area contributed by atoms with Gasteiger partial charge in [-0.15, -0.1) is 11.3 Å². The Hall–Kier alpha value is -3.40. The first-order valence-corrected chi connectivity index (χ1v) is 10.0. The maximum Gasteiger partial charge on any atom is 0.422 e. The summed E-state index contributed by atoms with van der Waals surface area (Å²) in [6.07, 6.45) is -4.36. The zero-order valence-electron chi connectivity index (χ0n) is 16.1. The van der Waals surface area contributed by atoms with Crippen LogP contribution in [-0.2, 0) is 17.8 Å². The van der Waals surface area contributed by atoms with Crippen LogP contribution in [0.4, 0.5) is 18.3 Å². The number of carbonyl (C=O) groups excluding carboxylic acids is 2. The van der Waals surface area contributed by atoms with Gasteiger partial charge >= 0.3 is 6.18 Å². The Morgan fingerprint density at radius 2 is 1.74 bits per heavy atom. The van der Waals surface area contributed by atoms with Crippen molar-refractivity contribution in [2.24, 2.45) is 0 Å². The van der Waals surface area contributed by atoms with Crippen molar-refractivity contribution >= 4 is 28.3 Å². The Kier molecular flexibility index (Phi) is 7.24. The zero-order valence-corrected chi connectivity index (χ0v) is 16.9. The molecule has 0 fully saturated rings. The highest BCUT2D eigenvalue weighted by molar-refractivity contribution is 7.14. The van der Waals surface area contributed by atoms with Gasteiger partial charge in [0.05, 0.1) is 12.1 Å². The molecule has 6 nitrogen and oxygen atoms in total. The molecule has 1 aromatic heterocycles. The van der Waals surface area contributed by atoms with Crippen molar-refractivity contribution in [3.63, 3.8) is 0 Å². The Bertz CT molecular complexity index is 1020. The van der Waals surface area contributed by atoms with Crippen molar-refractivity contribution < 1.29 is 27.5 Å². The van der Waals surface area contributed by atoms with Crippen LogP contribution in [0.15, 0.2) is 60.0 Å². The molecule has 1 heterocycles. The minimum Gasteiger partial charge on any atom is -0.484 e. The Morgan fingerprint density at radius 3 is 2.42 bits per heavy atom. The third kappa shape index (κ3) is 7.41. The summed E-state index contributed by atoms with van der Waals surface area (Å²) < 4.78 is 41.1. The van der Waals surface area contributed by atoms with Crippen molar-refractivity contribution in [3.05, 3.63) is 76.8 Å².